The third kappa shape index (κ3) is 2.70. The highest BCUT2D eigenvalue weighted by Gasteiger charge is 2.09. The maximum absolute atomic E-state index is 11.3. The Morgan fingerprint density at radius 2 is 2.21 bits per heavy atom. The zero-order chi connectivity index (χ0) is 10.6. The van der Waals surface area contributed by atoms with Gasteiger partial charge in [0.15, 0.2) is 0 Å². The van der Waals surface area contributed by atoms with Gasteiger partial charge < -0.3 is 4.74 Å². The third-order valence-corrected chi connectivity index (χ3v) is 2.60. The lowest BCUT2D eigenvalue weighted by atomic mass is 10.1. The average Bonchev–Trinajstić information content (AvgIpc) is 2.18. The Hall–Kier alpha value is -0.580. The first-order valence-corrected chi connectivity index (χ1v) is 5.63. The zero-order valence-electron chi connectivity index (χ0n) is 8.34. The summed E-state index contributed by atoms with van der Waals surface area (Å²) in [6.07, 6.45) is 2.09. The van der Waals surface area contributed by atoms with Gasteiger partial charge in [-0.1, -0.05) is 19.4 Å². The number of carbonyl (C=O) groups excluding carboxylic acids is 1. The number of ether oxygens (including phenoxy) is 1. The first kappa shape index (κ1) is 11.5. The van der Waals surface area contributed by atoms with Crippen molar-refractivity contribution in [1.82, 2.24) is 0 Å². The van der Waals surface area contributed by atoms with Crippen LogP contribution < -0.4 is 4.74 Å². The van der Waals surface area contributed by atoms with E-state index in [0.717, 1.165) is 12.8 Å². The quantitative estimate of drug-likeness (QED) is 0.630. The third-order valence-electron chi connectivity index (χ3n) is 2.01. The molecule has 0 aliphatic heterocycles. The summed E-state index contributed by atoms with van der Waals surface area (Å²) in [7, 11) is 1.58. The Morgan fingerprint density at radius 1 is 1.50 bits per heavy atom. The van der Waals surface area contributed by atoms with Gasteiger partial charge in [-0.25, -0.2) is 0 Å². The van der Waals surface area contributed by atoms with Crippen molar-refractivity contribution in [3.05, 3.63) is 29.3 Å². The van der Waals surface area contributed by atoms with Crippen LogP contribution >= 0.6 is 22.6 Å². The number of benzene rings is 1. The molecule has 1 aromatic carbocycles. The largest absolute Gasteiger partial charge is 0.496 e. The van der Waals surface area contributed by atoms with Gasteiger partial charge >= 0.3 is 0 Å². The van der Waals surface area contributed by atoms with E-state index in [1.807, 2.05) is 18.2 Å². The van der Waals surface area contributed by atoms with Crippen LogP contribution in [0.15, 0.2) is 18.2 Å². The first-order chi connectivity index (χ1) is 6.69. The van der Waals surface area contributed by atoms with E-state index in [-0.39, 0.29) is 3.79 Å². The molecule has 0 heterocycles. The van der Waals surface area contributed by atoms with Gasteiger partial charge in [0.05, 0.1) is 12.7 Å². The molecule has 0 atom stereocenters. The molecule has 0 N–H and O–H groups in total. The van der Waals surface area contributed by atoms with E-state index in [1.165, 1.54) is 5.56 Å². The molecule has 0 fully saturated rings. The van der Waals surface area contributed by atoms with Crippen molar-refractivity contribution in [2.45, 2.75) is 19.8 Å². The highest BCUT2D eigenvalue weighted by Crippen LogP contribution is 2.23. The molecule has 1 rings (SSSR count). The molecule has 0 amide bonds. The van der Waals surface area contributed by atoms with Crippen LogP contribution in [0.5, 0.6) is 5.75 Å². The summed E-state index contributed by atoms with van der Waals surface area (Å²) in [4.78, 5) is 11.3. The van der Waals surface area contributed by atoms with Crippen LogP contribution in [0.4, 0.5) is 0 Å². The Balaban J connectivity index is 3.07. The molecule has 1 aromatic rings. The predicted octanol–water partition coefficient (Wildman–Crippen LogP) is 3.22. The van der Waals surface area contributed by atoms with Crippen LogP contribution in [0.1, 0.15) is 29.3 Å². The van der Waals surface area contributed by atoms with Crippen LogP contribution in [-0.4, -0.2) is 10.9 Å². The molecule has 3 heteroatoms. The number of hydrogen-bond donors (Lipinski definition) is 0. The van der Waals surface area contributed by atoms with E-state index in [1.54, 1.807) is 29.7 Å². The minimum Gasteiger partial charge on any atom is -0.496 e. The van der Waals surface area contributed by atoms with Gasteiger partial charge in [-0.05, 0) is 24.1 Å². The van der Waals surface area contributed by atoms with Crippen molar-refractivity contribution in [2.24, 2.45) is 0 Å². The molecule has 0 radical (unpaired) electrons. The SMILES string of the molecule is CCCc1ccc(OC)c(C(=O)I)c1. The molecule has 0 bridgehead atoms. The van der Waals surface area contributed by atoms with Crippen LogP contribution in [0.3, 0.4) is 0 Å². The van der Waals surface area contributed by atoms with E-state index < -0.39 is 0 Å². The second-order valence-electron chi connectivity index (χ2n) is 3.06. The van der Waals surface area contributed by atoms with Crippen molar-refractivity contribution in [3.63, 3.8) is 0 Å². The van der Waals surface area contributed by atoms with E-state index in [2.05, 4.69) is 6.92 Å². The lowest BCUT2D eigenvalue weighted by Crippen LogP contribution is -1.96. The summed E-state index contributed by atoms with van der Waals surface area (Å²) in [6, 6.07) is 5.78. The number of aryl methyl sites for hydroxylation is 1. The van der Waals surface area contributed by atoms with Gasteiger partial charge in [0.2, 0.25) is 3.79 Å². The van der Waals surface area contributed by atoms with Gasteiger partial charge in [-0.2, -0.15) is 0 Å². The van der Waals surface area contributed by atoms with Crippen LogP contribution in [-0.2, 0) is 6.42 Å². The summed E-state index contributed by atoms with van der Waals surface area (Å²) < 4.78 is 5.14. The van der Waals surface area contributed by atoms with Gasteiger partial charge in [0, 0.05) is 22.6 Å². The van der Waals surface area contributed by atoms with Crippen LogP contribution in [0.2, 0.25) is 0 Å². The highest BCUT2D eigenvalue weighted by atomic mass is 127. The minimum atomic E-state index is 0.0254. The lowest BCUT2D eigenvalue weighted by Gasteiger charge is -2.06. The fraction of sp³-hybridized carbons (Fsp3) is 0.364. The van der Waals surface area contributed by atoms with Crippen molar-refractivity contribution >= 4 is 26.4 Å². The van der Waals surface area contributed by atoms with Crippen molar-refractivity contribution in [1.29, 1.82) is 0 Å². The van der Waals surface area contributed by atoms with E-state index in [9.17, 15) is 4.79 Å². The van der Waals surface area contributed by atoms with Gasteiger partial charge in [-0.3, -0.25) is 4.79 Å². The summed E-state index contributed by atoms with van der Waals surface area (Å²) in [6.45, 7) is 2.12. The Kier molecular flexibility index (Phi) is 4.38. The average molecular weight is 304 g/mol. The number of carbonyl (C=O) groups is 1. The maximum atomic E-state index is 11.3. The zero-order valence-corrected chi connectivity index (χ0v) is 10.5. The monoisotopic (exact) mass is 304 g/mol. The summed E-state index contributed by atoms with van der Waals surface area (Å²) in [5.74, 6) is 0.657. The molecule has 0 aliphatic rings. The standard InChI is InChI=1S/C11H13IO2/c1-3-4-8-5-6-10(14-2)9(7-8)11(12)13/h5-7H,3-4H2,1-2H3. The first-order valence-electron chi connectivity index (χ1n) is 4.55. The van der Waals surface area contributed by atoms with Gasteiger partial charge in [0.25, 0.3) is 0 Å². The molecule has 0 unspecified atom stereocenters. The summed E-state index contributed by atoms with van der Waals surface area (Å²) in [5.41, 5.74) is 1.85. The van der Waals surface area contributed by atoms with Crippen molar-refractivity contribution in [3.8, 4) is 5.75 Å². The van der Waals surface area contributed by atoms with E-state index in [4.69, 9.17) is 4.74 Å². The maximum Gasteiger partial charge on any atom is 0.226 e. The Morgan fingerprint density at radius 3 is 2.71 bits per heavy atom. The van der Waals surface area contributed by atoms with E-state index >= 15 is 0 Å². The lowest BCUT2D eigenvalue weighted by molar-refractivity contribution is 0.110. The van der Waals surface area contributed by atoms with Crippen LogP contribution in [0.25, 0.3) is 0 Å². The fourth-order valence-electron chi connectivity index (χ4n) is 1.35. The highest BCUT2D eigenvalue weighted by molar-refractivity contribution is 14.1. The molecule has 14 heavy (non-hydrogen) atoms. The van der Waals surface area contributed by atoms with Crippen molar-refractivity contribution < 1.29 is 9.53 Å². The van der Waals surface area contributed by atoms with Gasteiger partial charge in [-0.15, -0.1) is 0 Å². The molecule has 0 saturated heterocycles. The van der Waals surface area contributed by atoms with E-state index in [0.29, 0.717) is 11.3 Å². The topological polar surface area (TPSA) is 26.3 Å². The fourth-order valence-corrected chi connectivity index (χ4v) is 1.77. The predicted molar refractivity (Wildman–Crippen MR) is 65.3 cm³/mol. The van der Waals surface area contributed by atoms with Crippen LogP contribution in [0, 0.1) is 0 Å². The number of halogens is 1. The number of methoxy groups -OCH3 is 1. The Bertz CT molecular complexity index is 334. The number of hydrogen-bond acceptors (Lipinski definition) is 2. The summed E-state index contributed by atoms with van der Waals surface area (Å²) in [5, 5.41) is 0. The molecular formula is C11H13IO2. The normalized spacial score (nSPS) is 9.93. The summed E-state index contributed by atoms with van der Waals surface area (Å²) >= 11 is 1.78. The number of rotatable bonds is 4. The molecule has 76 valence electrons. The smallest absolute Gasteiger partial charge is 0.226 e. The van der Waals surface area contributed by atoms with Gasteiger partial charge in [0.1, 0.15) is 5.75 Å². The molecule has 0 saturated carbocycles. The molecular weight excluding hydrogens is 291 g/mol. The molecule has 0 aromatic heterocycles. The molecule has 0 spiro atoms. The van der Waals surface area contributed by atoms with Crippen molar-refractivity contribution in [2.75, 3.05) is 7.11 Å². The molecule has 0 aliphatic carbocycles. The molecule has 2 nitrogen and oxygen atoms in total. The minimum absolute atomic E-state index is 0.0254. The second kappa shape index (κ2) is 5.34. The Labute approximate surface area is 97.8 Å². The second-order valence-corrected chi connectivity index (χ2v) is 4.04.